The molecule has 9 heteroatoms. The fourth-order valence-electron chi connectivity index (χ4n) is 2.90. The predicted octanol–water partition coefficient (Wildman–Crippen LogP) is 4.18. The summed E-state index contributed by atoms with van der Waals surface area (Å²) in [5.41, 5.74) is 1.38. The van der Waals surface area contributed by atoms with Crippen molar-refractivity contribution >= 4 is 35.2 Å². The second-order valence-corrected chi connectivity index (χ2v) is 6.98. The van der Waals surface area contributed by atoms with Gasteiger partial charge < -0.3 is 15.4 Å². The third-order valence-electron chi connectivity index (χ3n) is 4.60. The van der Waals surface area contributed by atoms with Crippen LogP contribution in [-0.2, 0) is 9.53 Å². The zero-order valence-corrected chi connectivity index (χ0v) is 18.2. The van der Waals surface area contributed by atoms with E-state index in [-0.39, 0.29) is 18.0 Å². The topological polar surface area (TPSA) is 128 Å². The summed E-state index contributed by atoms with van der Waals surface area (Å²) in [6, 6.07) is 20.0. The molecule has 0 aliphatic carbocycles. The molecule has 0 bridgehead atoms. The average molecular weight is 459 g/mol. The molecule has 0 atom stereocenters. The van der Waals surface area contributed by atoms with Crippen LogP contribution in [0.25, 0.3) is 6.08 Å². The molecule has 0 saturated heterocycles. The van der Waals surface area contributed by atoms with Crippen LogP contribution < -0.4 is 10.6 Å². The summed E-state index contributed by atoms with van der Waals surface area (Å²) >= 11 is 0. The lowest BCUT2D eigenvalue weighted by Gasteiger charge is -2.12. The number of hydrogen-bond donors (Lipinski definition) is 2. The van der Waals surface area contributed by atoms with Gasteiger partial charge in [0.1, 0.15) is 5.70 Å². The molecule has 0 saturated carbocycles. The maximum atomic E-state index is 13.0. The summed E-state index contributed by atoms with van der Waals surface area (Å²) < 4.78 is 4.94. The molecule has 0 aliphatic rings. The van der Waals surface area contributed by atoms with Crippen molar-refractivity contribution in [2.45, 2.75) is 6.92 Å². The Kier molecular flexibility index (Phi) is 7.85. The number of amides is 2. The minimum Gasteiger partial charge on any atom is -0.462 e. The molecule has 0 fully saturated rings. The number of nitro benzene ring substituents is 1. The summed E-state index contributed by atoms with van der Waals surface area (Å²) in [5.74, 6) is -1.60. The van der Waals surface area contributed by atoms with Crippen molar-refractivity contribution in [3.8, 4) is 0 Å². The van der Waals surface area contributed by atoms with E-state index in [0.717, 1.165) is 0 Å². The van der Waals surface area contributed by atoms with E-state index >= 15 is 0 Å². The molecule has 3 aromatic rings. The third kappa shape index (κ3) is 6.36. The first kappa shape index (κ1) is 23.9. The molecule has 34 heavy (non-hydrogen) atoms. The summed E-state index contributed by atoms with van der Waals surface area (Å²) in [5, 5.41) is 16.1. The number of nitrogens with zero attached hydrogens (tertiary/aromatic N) is 1. The standard InChI is InChI=1S/C25H21N3O6/c1-2-34-25(31)19-10-12-20(13-11-19)26-24(30)22(27-23(29)18-6-4-3-5-7-18)16-17-8-14-21(15-9-17)28(32)33/h3-16H,2H2,1H3,(H,26,30)(H,27,29)/b22-16-. The molecule has 0 unspecified atom stereocenters. The van der Waals surface area contributed by atoms with E-state index in [1.54, 1.807) is 37.3 Å². The summed E-state index contributed by atoms with van der Waals surface area (Å²) in [6.45, 7) is 1.95. The smallest absolute Gasteiger partial charge is 0.338 e. The Morgan fingerprint density at radius 3 is 2.15 bits per heavy atom. The number of nitro groups is 1. The number of rotatable bonds is 8. The SMILES string of the molecule is CCOC(=O)c1ccc(NC(=O)/C(=C/c2ccc([N+](=O)[O-])cc2)NC(=O)c2ccccc2)cc1. The first-order chi connectivity index (χ1) is 16.4. The number of non-ortho nitro benzene ring substituents is 1. The Hall–Kier alpha value is -4.79. The lowest BCUT2D eigenvalue weighted by molar-refractivity contribution is -0.384. The zero-order chi connectivity index (χ0) is 24.5. The summed E-state index contributed by atoms with van der Waals surface area (Å²) in [4.78, 5) is 47.8. The van der Waals surface area contributed by atoms with Crippen LogP contribution >= 0.6 is 0 Å². The van der Waals surface area contributed by atoms with Crippen molar-refractivity contribution in [1.82, 2.24) is 5.32 Å². The van der Waals surface area contributed by atoms with Crippen LogP contribution in [-0.4, -0.2) is 29.3 Å². The van der Waals surface area contributed by atoms with Gasteiger partial charge in [0.25, 0.3) is 17.5 Å². The first-order valence-corrected chi connectivity index (χ1v) is 10.3. The number of benzene rings is 3. The van der Waals surface area contributed by atoms with Gasteiger partial charge in [-0.2, -0.15) is 0 Å². The van der Waals surface area contributed by atoms with Crippen LogP contribution in [0.3, 0.4) is 0 Å². The molecule has 0 aliphatic heterocycles. The van der Waals surface area contributed by atoms with Crippen molar-refractivity contribution < 1.29 is 24.0 Å². The van der Waals surface area contributed by atoms with Gasteiger partial charge in [-0.25, -0.2) is 4.79 Å². The molecule has 3 aromatic carbocycles. The second kappa shape index (κ2) is 11.2. The molecule has 0 aromatic heterocycles. The van der Waals surface area contributed by atoms with E-state index in [9.17, 15) is 24.5 Å². The Morgan fingerprint density at radius 2 is 1.56 bits per heavy atom. The van der Waals surface area contributed by atoms with E-state index in [0.29, 0.717) is 22.4 Å². The van der Waals surface area contributed by atoms with Crippen molar-refractivity contribution in [1.29, 1.82) is 0 Å². The largest absolute Gasteiger partial charge is 0.462 e. The van der Waals surface area contributed by atoms with Crippen LogP contribution in [0.5, 0.6) is 0 Å². The lowest BCUT2D eigenvalue weighted by Crippen LogP contribution is -2.30. The van der Waals surface area contributed by atoms with E-state index < -0.39 is 22.7 Å². The molecule has 0 heterocycles. The Balaban J connectivity index is 1.84. The van der Waals surface area contributed by atoms with Crippen LogP contribution in [0.15, 0.2) is 84.6 Å². The molecule has 2 N–H and O–H groups in total. The number of anilines is 1. The van der Waals surface area contributed by atoms with Gasteiger partial charge in [0.2, 0.25) is 0 Å². The van der Waals surface area contributed by atoms with Gasteiger partial charge in [-0.05, 0) is 67.1 Å². The quantitative estimate of drug-likeness (QED) is 0.225. The number of ether oxygens (including phenoxy) is 1. The molecular formula is C25H21N3O6. The molecule has 172 valence electrons. The number of hydrogen-bond acceptors (Lipinski definition) is 6. The number of carbonyl (C=O) groups excluding carboxylic acids is 3. The highest BCUT2D eigenvalue weighted by atomic mass is 16.6. The lowest BCUT2D eigenvalue weighted by atomic mass is 10.1. The minimum absolute atomic E-state index is 0.0721. The molecule has 0 radical (unpaired) electrons. The van der Waals surface area contributed by atoms with Gasteiger partial charge >= 0.3 is 5.97 Å². The van der Waals surface area contributed by atoms with Gasteiger partial charge in [0.05, 0.1) is 17.1 Å². The van der Waals surface area contributed by atoms with E-state index in [1.165, 1.54) is 54.6 Å². The minimum atomic E-state index is -0.619. The van der Waals surface area contributed by atoms with E-state index in [1.807, 2.05) is 0 Å². The molecule has 9 nitrogen and oxygen atoms in total. The zero-order valence-electron chi connectivity index (χ0n) is 18.2. The Bertz CT molecular complexity index is 1220. The maximum Gasteiger partial charge on any atom is 0.338 e. The Labute approximate surface area is 195 Å². The molecule has 3 rings (SSSR count). The number of carbonyl (C=O) groups is 3. The maximum absolute atomic E-state index is 13.0. The van der Waals surface area contributed by atoms with Crippen molar-refractivity contribution in [3.05, 3.63) is 111 Å². The Morgan fingerprint density at radius 1 is 0.912 bits per heavy atom. The summed E-state index contributed by atoms with van der Waals surface area (Å²) in [6.07, 6.45) is 1.41. The van der Waals surface area contributed by atoms with Crippen molar-refractivity contribution in [2.75, 3.05) is 11.9 Å². The number of esters is 1. The fraction of sp³-hybridized carbons (Fsp3) is 0.0800. The van der Waals surface area contributed by atoms with E-state index in [4.69, 9.17) is 4.74 Å². The average Bonchev–Trinajstić information content (AvgIpc) is 2.85. The summed E-state index contributed by atoms with van der Waals surface area (Å²) in [7, 11) is 0. The monoisotopic (exact) mass is 459 g/mol. The fourth-order valence-corrected chi connectivity index (χ4v) is 2.90. The van der Waals surface area contributed by atoms with Crippen LogP contribution in [0.2, 0.25) is 0 Å². The highest BCUT2D eigenvalue weighted by Crippen LogP contribution is 2.16. The predicted molar refractivity (Wildman–Crippen MR) is 126 cm³/mol. The molecular weight excluding hydrogens is 438 g/mol. The van der Waals surface area contributed by atoms with Crippen LogP contribution in [0.1, 0.15) is 33.2 Å². The van der Waals surface area contributed by atoms with Gasteiger partial charge in [0, 0.05) is 23.4 Å². The molecule has 2 amide bonds. The van der Waals surface area contributed by atoms with Gasteiger partial charge in [-0.3, -0.25) is 19.7 Å². The normalized spacial score (nSPS) is 10.8. The first-order valence-electron chi connectivity index (χ1n) is 10.3. The van der Waals surface area contributed by atoms with Gasteiger partial charge in [0.15, 0.2) is 0 Å². The van der Waals surface area contributed by atoms with Crippen molar-refractivity contribution in [2.24, 2.45) is 0 Å². The second-order valence-electron chi connectivity index (χ2n) is 6.98. The molecule has 0 spiro atoms. The van der Waals surface area contributed by atoms with Crippen LogP contribution in [0, 0.1) is 10.1 Å². The van der Waals surface area contributed by atoms with Crippen molar-refractivity contribution in [3.63, 3.8) is 0 Å². The third-order valence-corrected chi connectivity index (χ3v) is 4.60. The highest BCUT2D eigenvalue weighted by Gasteiger charge is 2.16. The van der Waals surface area contributed by atoms with E-state index in [2.05, 4.69) is 10.6 Å². The van der Waals surface area contributed by atoms with Crippen LogP contribution in [0.4, 0.5) is 11.4 Å². The number of nitrogens with one attached hydrogen (secondary N) is 2. The van der Waals surface area contributed by atoms with Gasteiger partial charge in [-0.15, -0.1) is 0 Å². The highest BCUT2D eigenvalue weighted by molar-refractivity contribution is 6.10. The van der Waals surface area contributed by atoms with Gasteiger partial charge in [-0.1, -0.05) is 18.2 Å².